The molecular formula is C14H22O6. The first-order valence-electron chi connectivity index (χ1n) is 6.34. The van der Waals surface area contributed by atoms with E-state index in [1.165, 1.54) is 6.92 Å². The van der Waals surface area contributed by atoms with Gasteiger partial charge in [0.25, 0.3) is 0 Å². The van der Waals surface area contributed by atoms with Crippen molar-refractivity contribution in [1.29, 1.82) is 0 Å². The summed E-state index contributed by atoms with van der Waals surface area (Å²) >= 11 is 0. The van der Waals surface area contributed by atoms with E-state index in [0.717, 1.165) is 6.08 Å². The molecule has 6 nitrogen and oxygen atoms in total. The van der Waals surface area contributed by atoms with Crippen LogP contribution in [0.1, 0.15) is 26.2 Å². The van der Waals surface area contributed by atoms with Crippen molar-refractivity contribution in [3.05, 3.63) is 24.8 Å². The molecule has 0 bridgehead atoms. The molecule has 0 rings (SSSR count). The van der Waals surface area contributed by atoms with E-state index >= 15 is 0 Å². The minimum absolute atomic E-state index is 0.104. The van der Waals surface area contributed by atoms with Crippen molar-refractivity contribution in [3.8, 4) is 0 Å². The predicted octanol–water partition coefficient (Wildman–Crippen LogP) is 0.727. The lowest BCUT2D eigenvalue weighted by atomic mass is 10.1. The Morgan fingerprint density at radius 2 is 1.65 bits per heavy atom. The van der Waals surface area contributed by atoms with Gasteiger partial charge in [0.05, 0.1) is 12.2 Å². The SMILES string of the molecule is C=CC(=O)OCC(O)CCCC(O)COC(=O)C(=C)C. The second kappa shape index (κ2) is 10.2. The van der Waals surface area contributed by atoms with E-state index in [9.17, 15) is 19.8 Å². The summed E-state index contributed by atoms with van der Waals surface area (Å²) in [6.45, 7) is 7.97. The number of hydrogen-bond donors (Lipinski definition) is 2. The molecule has 0 saturated heterocycles. The lowest BCUT2D eigenvalue weighted by Gasteiger charge is -2.13. The summed E-state index contributed by atoms with van der Waals surface area (Å²) < 4.78 is 9.45. The third kappa shape index (κ3) is 9.29. The Labute approximate surface area is 118 Å². The molecule has 0 aromatic rings. The highest BCUT2D eigenvalue weighted by atomic mass is 16.5. The summed E-state index contributed by atoms with van der Waals surface area (Å²) in [5.74, 6) is -1.13. The molecule has 0 aliphatic heterocycles. The third-order valence-corrected chi connectivity index (χ3v) is 2.41. The van der Waals surface area contributed by atoms with E-state index in [1.54, 1.807) is 0 Å². The molecule has 2 unspecified atom stereocenters. The van der Waals surface area contributed by atoms with E-state index in [4.69, 9.17) is 4.74 Å². The van der Waals surface area contributed by atoms with Crippen LogP contribution in [0.3, 0.4) is 0 Å². The molecule has 2 N–H and O–H groups in total. The van der Waals surface area contributed by atoms with Gasteiger partial charge in [0, 0.05) is 11.6 Å². The molecule has 20 heavy (non-hydrogen) atoms. The highest BCUT2D eigenvalue weighted by molar-refractivity contribution is 5.86. The van der Waals surface area contributed by atoms with Gasteiger partial charge in [-0.05, 0) is 26.2 Å². The summed E-state index contributed by atoms with van der Waals surface area (Å²) in [4.78, 5) is 21.8. The normalized spacial score (nSPS) is 13.2. The highest BCUT2D eigenvalue weighted by Crippen LogP contribution is 2.06. The van der Waals surface area contributed by atoms with Gasteiger partial charge >= 0.3 is 11.9 Å². The van der Waals surface area contributed by atoms with Crippen molar-refractivity contribution < 1.29 is 29.3 Å². The van der Waals surface area contributed by atoms with Gasteiger partial charge in [-0.3, -0.25) is 0 Å². The molecule has 0 aromatic heterocycles. The average Bonchev–Trinajstić information content (AvgIpc) is 2.41. The van der Waals surface area contributed by atoms with Crippen molar-refractivity contribution in [1.82, 2.24) is 0 Å². The fourth-order valence-electron chi connectivity index (χ4n) is 1.29. The molecule has 0 aliphatic carbocycles. The number of carbonyl (C=O) groups is 2. The fraction of sp³-hybridized carbons (Fsp3) is 0.571. The van der Waals surface area contributed by atoms with Crippen molar-refractivity contribution >= 4 is 11.9 Å². The Kier molecular flexibility index (Phi) is 9.32. The van der Waals surface area contributed by atoms with Crippen LogP contribution in [0.5, 0.6) is 0 Å². The summed E-state index contributed by atoms with van der Waals surface area (Å²) in [7, 11) is 0. The van der Waals surface area contributed by atoms with Crippen molar-refractivity contribution in [2.75, 3.05) is 13.2 Å². The van der Waals surface area contributed by atoms with E-state index in [0.29, 0.717) is 19.3 Å². The van der Waals surface area contributed by atoms with Gasteiger partial charge in [0.2, 0.25) is 0 Å². The average molecular weight is 286 g/mol. The third-order valence-electron chi connectivity index (χ3n) is 2.41. The molecule has 0 saturated carbocycles. The second-order valence-electron chi connectivity index (χ2n) is 4.45. The molecule has 2 atom stereocenters. The summed E-state index contributed by atoms with van der Waals surface area (Å²) in [5, 5.41) is 19.1. The van der Waals surface area contributed by atoms with Crippen LogP contribution in [0, 0.1) is 0 Å². The maximum Gasteiger partial charge on any atom is 0.333 e. The number of aliphatic hydroxyl groups is 2. The Balaban J connectivity index is 3.67. The number of esters is 2. The van der Waals surface area contributed by atoms with Crippen LogP contribution in [0.15, 0.2) is 24.8 Å². The first-order chi connectivity index (χ1) is 9.36. The standard InChI is InChI=1S/C14H22O6/c1-4-13(17)19-8-11(15)6-5-7-12(16)9-20-14(18)10(2)3/h4,11-12,15-16H,1-2,5-9H2,3H3. The predicted molar refractivity (Wildman–Crippen MR) is 72.8 cm³/mol. The molecule has 0 fully saturated rings. The van der Waals surface area contributed by atoms with Crippen molar-refractivity contribution in [3.63, 3.8) is 0 Å². The first kappa shape index (κ1) is 18.3. The van der Waals surface area contributed by atoms with Gasteiger partial charge < -0.3 is 19.7 Å². The van der Waals surface area contributed by atoms with Crippen LogP contribution in [-0.2, 0) is 19.1 Å². The Morgan fingerprint density at radius 1 is 1.15 bits per heavy atom. The number of ether oxygens (including phenoxy) is 2. The molecule has 0 amide bonds. The van der Waals surface area contributed by atoms with Gasteiger partial charge in [-0.1, -0.05) is 13.2 Å². The van der Waals surface area contributed by atoms with E-state index in [2.05, 4.69) is 17.9 Å². The van der Waals surface area contributed by atoms with Crippen molar-refractivity contribution in [2.45, 2.75) is 38.4 Å². The summed E-state index contributed by atoms with van der Waals surface area (Å²) in [5.41, 5.74) is 0.275. The van der Waals surface area contributed by atoms with Gasteiger partial charge in [0.15, 0.2) is 0 Å². The van der Waals surface area contributed by atoms with Gasteiger partial charge in [-0.15, -0.1) is 0 Å². The zero-order valence-corrected chi connectivity index (χ0v) is 11.7. The van der Waals surface area contributed by atoms with Crippen LogP contribution < -0.4 is 0 Å². The van der Waals surface area contributed by atoms with Gasteiger partial charge in [-0.2, -0.15) is 0 Å². The molecule has 0 aromatic carbocycles. The van der Waals surface area contributed by atoms with E-state index < -0.39 is 24.1 Å². The minimum Gasteiger partial charge on any atom is -0.460 e. The smallest absolute Gasteiger partial charge is 0.333 e. The molecule has 0 radical (unpaired) electrons. The second-order valence-corrected chi connectivity index (χ2v) is 4.45. The molecule has 0 spiro atoms. The molecule has 114 valence electrons. The van der Waals surface area contributed by atoms with Crippen LogP contribution in [0.2, 0.25) is 0 Å². The van der Waals surface area contributed by atoms with Gasteiger partial charge in [0.1, 0.15) is 13.2 Å². The van der Waals surface area contributed by atoms with Crippen LogP contribution >= 0.6 is 0 Å². The molecule has 0 heterocycles. The van der Waals surface area contributed by atoms with Crippen LogP contribution in [0.4, 0.5) is 0 Å². The number of hydrogen-bond acceptors (Lipinski definition) is 6. The fourth-order valence-corrected chi connectivity index (χ4v) is 1.29. The van der Waals surface area contributed by atoms with Crippen molar-refractivity contribution in [2.24, 2.45) is 0 Å². The summed E-state index contributed by atoms with van der Waals surface area (Å²) in [6, 6.07) is 0. The Hall–Kier alpha value is -1.66. The summed E-state index contributed by atoms with van der Waals surface area (Å²) in [6.07, 6.45) is 0.696. The number of aliphatic hydroxyl groups excluding tert-OH is 2. The maximum absolute atomic E-state index is 11.1. The quantitative estimate of drug-likeness (QED) is 0.454. The highest BCUT2D eigenvalue weighted by Gasteiger charge is 2.11. The lowest BCUT2D eigenvalue weighted by molar-refractivity contribution is -0.142. The maximum atomic E-state index is 11.1. The van der Waals surface area contributed by atoms with Crippen LogP contribution in [0.25, 0.3) is 0 Å². The molecular weight excluding hydrogens is 264 g/mol. The zero-order valence-electron chi connectivity index (χ0n) is 11.7. The molecule has 0 aliphatic rings. The minimum atomic E-state index is -0.791. The topological polar surface area (TPSA) is 93.1 Å². The molecule has 6 heteroatoms. The van der Waals surface area contributed by atoms with Crippen LogP contribution in [-0.4, -0.2) is 47.6 Å². The monoisotopic (exact) mass is 286 g/mol. The number of carbonyl (C=O) groups excluding carboxylic acids is 2. The Morgan fingerprint density at radius 3 is 2.10 bits per heavy atom. The Bertz CT molecular complexity index is 350. The van der Waals surface area contributed by atoms with E-state index in [1.807, 2.05) is 0 Å². The largest absolute Gasteiger partial charge is 0.460 e. The van der Waals surface area contributed by atoms with E-state index in [-0.39, 0.29) is 18.8 Å². The number of rotatable bonds is 10. The van der Waals surface area contributed by atoms with Gasteiger partial charge in [-0.25, -0.2) is 9.59 Å². The zero-order chi connectivity index (χ0) is 15.5. The first-order valence-corrected chi connectivity index (χ1v) is 6.34. The lowest BCUT2D eigenvalue weighted by Crippen LogP contribution is -2.21.